The summed E-state index contributed by atoms with van der Waals surface area (Å²) in [6.45, 7) is 0.289. The molecule has 7 nitrogen and oxygen atoms in total. The van der Waals surface area contributed by atoms with Crippen molar-refractivity contribution in [3.05, 3.63) is 42.6 Å². The molecular weight excluding hydrogens is 310 g/mol. The van der Waals surface area contributed by atoms with Crippen molar-refractivity contribution < 1.29 is 19.0 Å². The number of nitrogens with one attached hydrogen (secondary N) is 1. The van der Waals surface area contributed by atoms with E-state index in [0.717, 1.165) is 5.75 Å². The van der Waals surface area contributed by atoms with Gasteiger partial charge in [-0.15, -0.1) is 0 Å². The molecule has 0 fully saturated rings. The van der Waals surface area contributed by atoms with E-state index in [-0.39, 0.29) is 25.0 Å². The number of hydrogen-bond donors (Lipinski definition) is 2. The second-order valence-corrected chi connectivity index (χ2v) is 5.01. The third-order valence-electron chi connectivity index (χ3n) is 3.31. The number of benzene rings is 1. The molecular formula is C17H21N3O4. The Hall–Kier alpha value is -2.64. The van der Waals surface area contributed by atoms with Crippen LogP contribution in [0.3, 0.4) is 0 Å². The van der Waals surface area contributed by atoms with E-state index in [4.69, 9.17) is 19.9 Å². The number of pyridine rings is 1. The zero-order valence-corrected chi connectivity index (χ0v) is 13.7. The normalized spacial score (nSPS) is 11.6. The monoisotopic (exact) mass is 331 g/mol. The van der Waals surface area contributed by atoms with Gasteiger partial charge in [-0.3, -0.25) is 4.79 Å². The molecule has 0 saturated heterocycles. The van der Waals surface area contributed by atoms with Gasteiger partial charge in [0.1, 0.15) is 11.5 Å². The Morgan fingerprint density at radius 2 is 1.88 bits per heavy atom. The molecule has 0 aliphatic rings. The molecule has 1 heterocycles. The maximum absolute atomic E-state index is 11.9. The van der Waals surface area contributed by atoms with Crippen LogP contribution in [-0.2, 0) is 9.53 Å². The van der Waals surface area contributed by atoms with Crippen molar-refractivity contribution >= 4 is 11.6 Å². The number of nitrogens with zero attached hydrogens (tertiary/aromatic N) is 1. The third-order valence-corrected chi connectivity index (χ3v) is 3.31. The number of carbonyl (C=O) groups excluding carboxylic acids is 1. The Kier molecular flexibility index (Phi) is 6.53. The molecule has 1 atom stereocenters. The summed E-state index contributed by atoms with van der Waals surface area (Å²) in [5.74, 6) is 1.64. The Morgan fingerprint density at radius 3 is 2.42 bits per heavy atom. The molecule has 3 N–H and O–H groups in total. The summed E-state index contributed by atoms with van der Waals surface area (Å²) in [4.78, 5) is 16.0. The minimum Gasteiger partial charge on any atom is -0.497 e. The van der Waals surface area contributed by atoms with Crippen LogP contribution < -0.4 is 20.5 Å². The summed E-state index contributed by atoms with van der Waals surface area (Å²) in [7, 11) is 3.13. The topological polar surface area (TPSA) is 95.7 Å². The number of anilines is 1. The van der Waals surface area contributed by atoms with Crippen LogP contribution in [0.1, 0.15) is 6.42 Å². The molecule has 1 unspecified atom stereocenters. The average molecular weight is 331 g/mol. The van der Waals surface area contributed by atoms with Crippen molar-refractivity contribution in [1.29, 1.82) is 0 Å². The van der Waals surface area contributed by atoms with Crippen molar-refractivity contribution in [2.24, 2.45) is 5.73 Å². The zero-order chi connectivity index (χ0) is 17.4. The molecule has 7 heteroatoms. The zero-order valence-electron chi connectivity index (χ0n) is 13.7. The summed E-state index contributed by atoms with van der Waals surface area (Å²) in [5, 5.41) is 2.74. The maximum Gasteiger partial charge on any atom is 0.227 e. The van der Waals surface area contributed by atoms with Crippen LogP contribution in [0.5, 0.6) is 17.4 Å². The van der Waals surface area contributed by atoms with Gasteiger partial charge in [0.25, 0.3) is 0 Å². The van der Waals surface area contributed by atoms with Gasteiger partial charge in [0.2, 0.25) is 11.8 Å². The molecule has 0 bridgehead atoms. The van der Waals surface area contributed by atoms with Gasteiger partial charge in [0, 0.05) is 19.7 Å². The Labute approximate surface area is 140 Å². The lowest BCUT2D eigenvalue weighted by molar-refractivity contribution is -0.118. The SMILES string of the molecule is COc1ccc(Oc2ccc(NC(=O)CC(CN)OC)cn2)cc1. The summed E-state index contributed by atoms with van der Waals surface area (Å²) in [6.07, 6.45) is 1.42. The van der Waals surface area contributed by atoms with E-state index in [1.165, 1.54) is 13.3 Å². The molecule has 0 saturated carbocycles. The molecule has 1 amide bonds. The van der Waals surface area contributed by atoms with Crippen LogP contribution >= 0.6 is 0 Å². The Balaban J connectivity index is 1.91. The fraction of sp³-hybridized carbons (Fsp3) is 0.294. The molecule has 0 radical (unpaired) electrons. The molecule has 0 spiro atoms. The van der Waals surface area contributed by atoms with Crippen molar-refractivity contribution in [2.45, 2.75) is 12.5 Å². The van der Waals surface area contributed by atoms with Gasteiger partial charge < -0.3 is 25.3 Å². The minimum atomic E-state index is -0.296. The maximum atomic E-state index is 11.9. The van der Waals surface area contributed by atoms with E-state index >= 15 is 0 Å². The quantitative estimate of drug-likeness (QED) is 0.770. The van der Waals surface area contributed by atoms with Crippen molar-refractivity contribution in [2.75, 3.05) is 26.1 Å². The van der Waals surface area contributed by atoms with Crippen LogP contribution in [0.25, 0.3) is 0 Å². The highest BCUT2D eigenvalue weighted by molar-refractivity contribution is 5.90. The number of hydrogen-bond acceptors (Lipinski definition) is 6. The molecule has 0 aliphatic heterocycles. The third kappa shape index (κ3) is 5.22. The molecule has 2 rings (SSSR count). The highest BCUT2D eigenvalue weighted by Gasteiger charge is 2.11. The number of ether oxygens (including phenoxy) is 3. The van der Waals surface area contributed by atoms with Crippen LogP contribution in [-0.4, -0.2) is 37.8 Å². The van der Waals surface area contributed by atoms with E-state index in [1.807, 2.05) is 0 Å². The van der Waals surface area contributed by atoms with Crippen LogP contribution in [0.4, 0.5) is 5.69 Å². The van der Waals surface area contributed by atoms with Gasteiger partial charge in [0.05, 0.1) is 31.5 Å². The van der Waals surface area contributed by atoms with Gasteiger partial charge in [0.15, 0.2) is 0 Å². The molecule has 24 heavy (non-hydrogen) atoms. The largest absolute Gasteiger partial charge is 0.497 e. The van der Waals surface area contributed by atoms with Crippen molar-refractivity contribution in [1.82, 2.24) is 4.98 Å². The van der Waals surface area contributed by atoms with Gasteiger partial charge in [-0.25, -0.2) is 4.98 Å². The van der Waals surface area contributed by atoms with E-state index in [2.05, 4.69) is 10.3 Å². The van der Waals surface area contributed by atoms with E-state index in [1.54, 1.807) is 43.5 Å². The fourth-order valence-electron chi connectivity index (χ4n) is 1.96. The highest BCUT2D eigenvalue weighted by Crippen LogP contribution is 2.23. The van der Waals surface area contributed by atoms with E-state index < -0.39 is 0 Å². The van der Waals surface area contributed by atoms with E-state index in [9.17, 15) is 4.79 Å². The number of rotatable bonds is 8. The minimum absolute atomic E-state index is 0.182. The summed E-state index contributed by atoms with van der Waals surface area (Å²) < 4.78 is 15.8. The standard InChI is InChI=1S/C17H21N3O4/c1-22-13-4-6-14(7-5-13)24-17-8-3-12(11-19-17)20-16(21)9-15(10-18)23-2/h3-8,11,15H,9-10,18H2,1-2H3,(H,20,21). The van der Waals surface area contributed by atoms with Crippen molar-refractivity contribution in [3.63, 3.8) is 0 Å². The number of aromatic nitrogens is 1. The smallest absolute Gasteiger partial charge is 0.227 e. The number of nitrogens with two attached hydrogens (primary N) is 1. The molecule has 1 aromatic carbocycles. The fourth-order valence-corrected chi connectivity index (χ4v) is 1.96. The first-order valence-corrected chi connectivity index (χ1v) is 7.45. The summed E-state index contributed by atoms with van der Waals surface area (Å²) >= 11 is 0. The summed E-state index contributed by atoms with van der Waals surface area (Å²) in [5.41, 5.74) is 6.07. The molecule has 2 aromatic rings. The number of amides is 1. The molecule has 0 aliphatic carbocycles. The lowest BCUT2D eigenvalue weighted by atomic mass is 10.2. The average Bonchev–Trinajstić information content (AvgIpc) is 2.62. The van der Waals surface area contributed by atoms with Crippen LogP contribution in [0.2, 0.25) is 0 Å². The van der Waals surface area contributed by atoms with Gasteiger partial charge in [-0.2, -0.15) is 0 Å². The number of carbonyl (C=O) groups is 1. The predicted octanol–water partition coefficient (Wildman–Crippen LogP) is 2.18. The predicted molar refractivity (Wildman–Crippen MR) is 90.4 cm³/mol. The first kappa shape index (κ1) is 17.7. The Morgan fingerprint density at radius 1 is 1.17 bits per heavy atom. The highest BCUT2D eigenvalue weighted by atomic mass is 16.5. The Bertz CT molecular complexity index is 640. The van der Waals surface area contributed by atoms with Gasteiger partial charge in [-0.1, -0.05) is 0 Å². The van der Waals surface area contributed by atoms with Crippen molar-refractivity contribution in [3.8, 4) is 17.4 Å². The molecule has 1 aromatic heterocycles. The lowest BCUT2D eigenvalue weighted by Gasteiger charge is -2.12. The van der Waals surface area contributed by atoms with E-state index in [0.29, 0.717) is 17.3 Å². The van der Waals surface area contributed by atoms with Crippen LogP contribution in [0.15, 0.2) is 42.6 Å². The lowest BCUT2D eigenvalue weighted by Crippen LogP contribution is -2.28. The van der Waals surface area contributed by atoms with Gasteiger partial charge >= 0.3 is 0 Å². The molecule has 128 valence electrons. The first-order valence-electron chi connectivity index (χ1n) is 7.45. The van der Waals surface area contributed by atoms with Gasteiger partial charge in [-0.05, 0) is 30.3 Å². The second kappa shape index (κ2) is 8.85. The first-order chi connectivity index (χ1) is 11.6. The van der Waals surface area contributed by atoms with Crippen LogP contribution in [0, 0.1) is 0 Å². The summed E-state index contributed by atoms with van der Waals surface area (Å²) in [6, 6.07) is 10.6. The number of methoxy groups -OCH3 is 2. The second-order valence-electron chi connectivity index (χ2n) is 5.01.